The summed E-state index contributed by atoms with van der Waals surface area (Å²) in [5.74, 6) is 0. The maximum Gasteiger partial charge on any atom is 0.0762 e. The molecule has 1 aromatic carbocycles. The molecule has 1 atom stereocenters. The van der Waals surface area contributed by atoms with Crippen LogP contribution in [-0.4, -0.2) is 11.1 Å². The van der Waals surface area contributed by atoms with Crippen molar-refractivity contribution in [1.82, 2.24) is 0 Å². The number of aliphatic hydroxyl groups is 1. The van der Waals surface area contributed by atoms with Gasteiger partial charge in [-0.25, -0.2) is 0 Å². The molecule has 0 saturated heterocycles. The molecule has 1 aromatic heterocycles. The monoisotopic (exact) mass is 307 g/mol. The largest absolute Gasteiger partial charge is 0.389 e. The highest BCUT2D eigenvalue weighted by Gasteiger charge is 2.30. The van der Waals surface area contributed by atoms with Gasteiger partial charge >= 0.3 is 0 Å². The van der Waals surface area contributed by atoms with E-state index >= 15 is 0 Å². The fourth-order valence-electron chi connectivity index (χ4n) is 2.39. The molecule has 1 fully saturated rings. The highest BCUT2D eigenvalue weighted by Crippen LogP contribution is 2.38. The minimum atomic E-state index is -0.479. The van der Waals surface area contributed by atoms with Crippen LogP contribution in [0, 0.1) is 0 Å². The number of hydrogen-bond donors (Lipinski definition) is 1. The molecule has 20 heavy (non-hydrogen) atoms. The summed E-state index contributed by atoms with van der Waals surface area (Å²) in [6.45, 7) is 2.66. The molecule has 0 aliphatic heterocycles. The average Bonchev–Trinajstić information content (AvgIpc) is 3.14. The molecule has 0 radical (unpaired) electrons. The summed E-state index contributed by atoms with van der Waals surface area (Å²) in [6.07, 6.45) is 1.99. The van der Waals surface area contributed by atoms with Crippen molar-refractivity contribution in [1.29, 1.82) is 0 Å². The number of benzene rings is 1. The Morgan fingerprint density at radius 2 is 2.20 bits per heavy atom. The first-order chi connectivity index (χ1) is 9.65. The molecule has 3 rings (SSSR count). The van der Waals surface area contributed by atoms with Gasteiger partial charge in [0.25, 0.3) is 0 Å². The summed E-state index contributed by atoms with van der Waals surface area (Å²) in [7, 11) is 0. The van der Waals surface area contributed by atoms with Crippen molar-refractivity contribution in [3.63, 3.8) is 0 Å². The van der Waals surface area contributed by atoms with Gasteiger partial charge in [0.2, 0.25) is 0 Å². The topological polar surface area (TPSA) is 23.5 Å². The molecule has 0 amide bonds. The first-order valence-corrected chi connectivity index (χ1v) is 8.22. The predicted molar refractivity (Wildman–Crippen MR) is 85.6 cm³/mol. The van der Waals surface area contributed by atoms with Gasteiger partial charge in [0.15, 0.2) is 0 Å². The minimum absolute atomic E-state index is 0.479. The van der Waals surface area contributed by atoms with E-state index in [2.05, 4.69) is 21.7 Å². The Hall–Kier alpha value is -1.03. The zero-order valence-corrected chi connectivity index (χ0v) is 13.0. The molecule has 1 saturated carbocycles. The Balaban J connectivity index is 1.87. The summed E-state index contributed by atoms with van der Waals surface area (Å²) in [4.78, 5) is 2.39. The van der Waals surface area contributed by atoms with E-state index in [0.29, 0.717) is 6.04 Å². The number of hydrogen-bond acceptors (Lipinski definition) is 3. The van der Waals surface area contributed by atoms with Crippen LogP contribution < -0.4 is 4.90 Å². The molecule has 1 aliphatic rings. The van der Waals surface area contributed by atoms with Crippen molar-refractivity contribution >= 4 is 28.6 Å². The maximum atomic E-state index is 9.64. The van der Waals surface area contributed by atoms with Gasteiger partial charge in [-0.3, -0.25) is 0 Å². The van der Waals surface area contributed by atoms with Gasteiger partial charge in [0.1, 0.15) is 0 Å². The summed E-state index contributed by atoms with van der Waals surface area (Å²) in [5.41, 5.74) is 3.27. The van der Waals surface area contributed by atoms with Gasteiger partial charge in [-0.2, -0.15) is 11.3 Å². The maximum absolute atomic E-state index is 9.64. The molecular weight excluding hydrogens is 290 g/mol. The fourth-order valence-corrected chi connectivity index (χ4v) is 3.35. The number of rotatable bonds is 5. The number of halogens is 1. The molecule has 1 N–H and O–H groups in total. The van der Waals surface area contributed by atoms with E-state index < -0.39 is 6.10 Å². The molecule has 1 heterocycles. The van der Waals surface area contributed by atoms with E-state index in [-0.39, 0.29) is 0 Å². The van der Waals surface area contributed by atoms with Crippen LogP contribution in [0.5, 0.6) is 0 Å². The molecule has 106 valence electrons. The SMILES string of the molecule is C[C@H](O)c1ccc(N(Cc2ccsc2)C2CC2)c(Cl)c1. The molecule has 1 aliphatic carbocycles. The molecule has 2 nitrogen and oxygen atoms in total. The lowest BCUT2D eigenvalue weighted by molar-refractivity contribution is 0.199. The zero-order valence-electron chi connectivity index (χ0n) is 11.4. The van der Waals surface area contributed by atoms with Crippen molar-refractivity contribution in [3.05, 3.63) is 51.2 Å². The summed E-state index contributed by atoms with van der Waals surface area (Å²) >= 11 is 8.16. The van der Waals surface area contributed by atoms with Gasteiger partial charge in [-0.05, 0) is 59.9 Å². The van der Waals surface area contributed by atoms with E-state index in [4.69, 9.17) is 11.6 Å². The van der Waals surface area contributed by atoms with Crippen LogP contribution in [0.25, 0.3) is 0 Å². The molecule has 0 spiro atoms. The van der Waals surface area contributed by atoms with E-state index in [1.165, 1.54) is 18.4 Å². The Morgan fingerprint density at radius 3 is 2.75 bits per heavy atom. The quantitative estimate of drug-likeness (QED) is 0.871. The standard InChI is InChI=1S/C16H18ClNOS/c1-11(19)13-2-5-16(15(17)8-13)18(14-3-4-14)9-12-6-7-20-10-12/h2,5-8,10-11,14,19H,3-4,9H2,1H3/t11-/m0/s1. The number of anilines is 1. The molecule has 0 unspecified atom stereocenters. The Labute approximate surface area is 128 Å². The second-order valence-corrected chi connectivity index (χ2v) is 6.56. The third-order valence-electron chi connectivity index (χ3n) is 3.68. The first-order valence-electron chi connectivity index (χ1n) is 6.90. The van der Waals surface area contributed by atoms with E-state index in [9.17, 15) is 5.11 Å². The minimum Gasteiger partial charge on any atom is -0.389 e. The van der Waals surface area contributed by atoms with E-state index in [1.807, 2.05) is 18.2 Å². The van der Waals surface area contributed by atoms with Crippen LogP contribution in [0.15, 0.2) is 35.0 Å². The van der Waals surface area contributed by atoms with E-state index in [1.54, 1.807) is 18.3 Å². The Bertz CT molecular complexity index is 578. The second-order valence-electron chi connectivity index (χ2n) is 5.38. The third kappa shape index (κ3) is 3.00. The van der Waals surface area contributed by atoms with Crippen molar-refractivity contribution in [3.8, 4) is 0 Å². The number of thiophene rings is 1. The molecule has 4 heteroatoms. The smallest absolute Gasteiger partial charge is 0.0762 e. The zero-order chi connectivity index (χ0) is 14.1. The first kappa shape index (κ1) is 13.9. The van der Waals surface area contributed by atoms with Crippen molar-refractivity contribution in [2.45, 2.75) is 38.5 Å². The molecule has 2 aromatic rings. The van der Waals surface area contributed by atoms with Crippen molar-refractivity contribution in [2.24, 2.45) is 0 Å². The van der Waals surface area contributed by atoms with E-state index in [0.717, 1.165) is 22.8 Å². The van der Waals surface area contributed by atoms with Crippen LogP contribution in [0.1, 0.15) is 37.0 Å². The van der Waals surface area contributed by atoms with Crippen molar-refractivity contribution in [2.75, 3.05) is 4.90 Å². The van der Waals surface area contributed by atoms with Crippen LogP contribution in [0.3, 0.4) is 0 Å². The predicted octanol–water partition coefficient (Wildman–Crippen LogP) is 4.62. The highest BCUT2D eigenvalue weighted by atomic mass is 35.5. The van der Waals surface area contributed by atoms with Gasteiger partial charge in [-0.1, -0.05) is 17.7 Å². The lowest BCUT2D eigenvalue weighted by atomic mass is 10.1. The Morgan fingerprint density at radius 1 is 1.40 bits per heavy atom. The highest BCUT2D eigenvalue weighted by molar-refractivity contribution is 7.07. The lowest BCUT2D eigenvalue weighted by Crippen LogP contribution is -2.25. The van der Waals surface area contributed by atoms with Gasteiger partial charge in [0.05, 0.1) is 16.8 Å². The van der Waals surface area contributed by atoms with Gasteiger partial charge in [-0.15, -0.1) is 0 Å². The van der Waals surface area contributed by atoms with Gasteiger partial charge in [0, 0.05) is 12.6 Å². The molecule has 0 bridgehead atoms. The normalized spacial score (nSPS) is 16.1. The van der Waals surface area contributed by atoms with Crippen LogP contribution in [0.4, 0.5) is 5.69 Å². The van der Waals surface area contributed by atoms with Crippen LogP contribution in [-0.2, 0) is 6.54 Å². The average molecular weight is 308 g/mol. The molecular formula is C16H18ClNOS. The fraction of sp³-hybridized carbons (Fsp3) is 0.375. The van der Waals surface area contributed by atoms with Crippen LogP contribution >= 0.6 is 22.9 Å². The van der Waals surface area contributed by atoms with Crippen molar-refractivity contribution < 1.29 is 5.11 Å². The lowest BCUT2D eigenvalue weighted by Gasteiger charge is -2.26. The number of nitrogens with zero attached hydrogens (tertiary/aromatic N) is 1. The van der Waals surface area contributed by atoms with Gasteiger partial charge < -0.3 is 10.0 Å². The number of aliphatic hydroxyl groups excluding tert-OH is 1. The second kappa shape index (κ2) is 5.76. The summed E-state index contributed by atoms with van der Waals surface area (Å²) in [6, 6.07) is 8.65. The summed E-state index contributed by atoms with van der Waals surface area (Å²) < 4.78 is 0. The van der Waals surface area contributed by atoms with Crippen LogP contribution in [0.2, 0.25) is 5.02 Å². The summed E-state index contributed by atoms with van der Waals surface area (Å²) in [5, 5.41) is 14.7. The third-order valence-corrected chi connectivity index (χ3v) is 4.72. The Kier molecular flexibility index (Phi) is 4.01.